The molecule has 0 aliphatic rings. The van der Waals surface area contributed by atoms with Crippen molar-refractivity contribution in [3.8, 4) is 0 Å². The van der Waals surface area contributed by atoms with Crippen molar-refractivity contribution >= 4 is 5.91 Å². The summed E-state index contributed by atoms with van der Waals surface area (Å²) in [6, 6.07) is 1.83. The molecule has 1 heterocycles. The molecule has 0 radical (unpaired) electrons. The summed E-state index contributed by atoms with van der Waals surface area (Å²) < 4.78 is 1.76. The highest BCUT2D eigenvalue weighted by Gasteiger charge is 2.22. The van der Waals surface area contributed by atoms with Crippen LogP contribution in [0, 0.1) is 5.41 Å². The van der Waals surface area contributed by atoms with Gasteiger partial charge in [-0.25, -0.2) is 0 Å². The molecule has 1 amide bonds. The lowest BCUT2D eigenvalue weighted by atomic mass is 9.85. The van der Waals surface area contributed by atoms with Crippen molar-refractivity contribution in [2.24, 2.45) is 18.2 Å². The number of carbonyl (C=O) groups is 1. The second-order valence-electron chi connectivity index (χ2n) is 5.76. The number of nitrogens with zero attached hydrogens (tertiary/aromatic N) is 2. The molecule has 102 valence electrons. The number of nitrogens with one attached hydrogen (secondary N) is 1. The third kappa shape index (κ3) is 4.87. The summed E-state index contributed by atoms with van der Waals surface area (Å²) in [6.45, 7) is 6.73. The first-order valence-electron chi connectivity index (χ1n) is 6.30. The zero-order chi connectivity index (χ0) is 13.8. The molecular weight excluding hydrogens is 228 g/mol. The maximum atomic E-state index is 11.7. The minimum absolute atomic E-state index is 0.00774. The molecule has 0 saturated carbocycles. The van der Waals surface area contributed by atoms with Crippen molar-refractivity contribution in [3.63, 3.8) is 0 Å². The molecule has 5 nitrogen and oxygen atoms in total. The van der Waals surface area contributed by atoms with E-state index in [9.17, 15) is 4.79 Å². The number of nitrogens with two attached hydrogens (primary N) is 1. The Kier molecular flexibility index (Phi) is 4.90. The Balaban J connectivity index is 2.25. The number of hydrogen-bond donors (Lipinski definition) is 2. The predicted octanol–water partition coefficient (Wildman–Crippen LogP) is 0.842. The summed E-state index contributed by atoms with van der Waals surface area (Å²) in [6.07, 6.45) is 3.01. The SMILES string of the molecule is Cn1ccc(CCNC(=O)CC(N)C(C)(C)C)n1. The maximum Gasteiger partial charge on any atom is 0.221 e. The van der Waals surface area contributed by atoms with Crippen molar-refractivity contribution in [1.82, 2.24) is 15.1 Å². The van der Waals surface area contributed by atoms with Crippen LogP contribution in [-0.2, 0) is 18.3 Å². The summed E-state index contributed by atoms with van der Waals surface area (Å²) >= 11 is 0. The van der Waals surface area contributed by atoms with Gasteiger partial charge in [-0.15, -0.1) is 0 Å². The van der Waals surface area contributed by atoms with Crippen LogP contribution in [0.3, 0.4) is 0 Å². The van der Waals surface area contributed by atoms with Gasteiger partial charge in [-0.05, 0) is 11.5 Å². The highest BCUT2D eigenvalue weighted by Crippen LogP contribution is 2.19. The summed E-state index contributed by atoms with van der Waals surface area (Å²) in [5.74, 6) is 0.00774. The minimum atomic E-state index is -0.118. The monoisotopic (exact) mass is 252 g/mol. The highest BCUT2D eigenvalue weighted by atomic mass is 16.1. The molecule has 0 saturated heterocycles. The van der Waals surface area contributed by atoms with Crippen molar-refractivity contribution in [2.75, 3.05) is 6.54 Å². The number of amides is 1. The topological polar surface area (TPSA) is 72.9 Å². The molecule has 5 heteroatoms. The summed E-state index contributed by atoms with van der Waals surface area (Å²) in [5, 5.41) is 7.12. The average Bonchev–Trinajstić information content (AvgIpc) is 2.62. The fraction of sp³-hybridized carbons (Fsp3) is 0.692. The van der Waals surface area contributed by atoms with Crippen LogP contribution in [0.1, 0.15) is 32.9 Å². The summed E-state index contributed by atoms with van der Waals surface area (Å²) in [4.78, 5) is 11.7. The molecule has 1 aromatic heterocycles. The van der Waals surface area contributed by atoms with Gasteiger partial charge in [-0.1, -0.05) is 20.8 Å². The van der Waals surface area contributed by atoms with E-state index in [2.05, 4.69) is 10.4 Å². The van der Waals surface area contributed by atoms with Crippen LogP contribution < -0.4 is 11.1 Å². The first-order chi connectivity index (χ1) is 8.29. The Bertz CT molecular complexity index is 392. The fourth-order valence-corrected chi connectivity index (χ4v) is 1.50. The Morgan fingerprint density at radius 3 is 2.72 bits per heavy atom. The van der Waals surface area contributed by atoms with Gasteiger partial charge in [0.25, 0.3) is 0 Å². The van der Waals surface area contributed by atoms with Gasteiger partial charge in [-0.2, -0.15) is 5.10 Å². The van der Waals surface area contributed by atoms with Gasteiger partial charge in [0.1, 0.15) is 0 Å². The molecule has 1 atom stereocenters. The third-order valence-corrected chi connectivity index (χ3v) is 2.99. The van der Waals surface area contributed by atoms with Crippen LogP contribution in [-0.4, -0.2) is 28.3 Å². The lowest BCUT2D eigenvalue weighted by Gasteiger charge is -2.26. The number of hydrogen-bond acceptors (Lipinski definition) is 3. The Morgan fingerprint density at radius 2 is 2.22 bits per heavy atom. The van der Waals surface area contributed by atoms with Gasteiger partial charge in [0, 0.05) is 38.7 Å². The van der Waals surface area contributed by atoms with E-state index >= 15 is 0 Å². The van der Waals surface area contributed by atoms with E-state index in [1.54, 1.807) is 4.68 Å². The van der Waals surface area contributed by atoms with Crippen molar-refractivity contribution in [3.05, 3.63) is 18.0 Å². The summed E-state index contributed by atoms with van der Waals surface area (Å²) in [7, 11) is 1.88. The lowest BCUT2D eigenvalue weighted by molar-refractivity contribution is -0.121. The number of carbonyl (C=O) groups excluding carboxylic acids is 1. The molecule has 1 rings (SSSR count). The number of rotatable bonds is 5. The zero-order valence-corrected chi connectivity index (χ0v) is 11.7. The second-order valence-corrected chi connectivity index (χ2v) is 5.76. The van der Waals surface area contributed by atoms with Gasteiger partial charge in [0.2, 0.25) is 5.91 Å². The quantitative estimate of drug-likeness (QED) is 0.815. The van der Waals surface area contributed by atoms with Crippen LogP contribution in [0.2, 0.25) is 0 Å². The van der Waals surface area contributed by atoms with Crippen LogP contribution in [0.25, 0.3) is 0 Å². The van der Waals surface area contributed by atoms with E-state index in [0.29, 0.717) is 13.0 Å². The minimum Gasteiger partial charge on any atom is -0.356 e. The second kappa shape index (κ2) is 6.00. The Labute approximate surface area is 109 Å². The van der Waals surface area contributed by atoms with Crippen LogP contribution >= 0.6 is 0 Å². The van der Waals surface area contributed by atoms with Gasteiger partial charge in [0.05, 0.1) is 5.69 Å². The average molecular weight is 252 g/mol. The lowest BCUT2D eigenvalue weighted by Crippen LogP contribution is -2.40. The number of aromatic nitrogens is 2. The predicted molar refractivity (Wildman–Crippen MR) is 72.0 cm³/mol. The first-order valence-corrected chi connectivity index (χ1v) is 6.30. The van der Waals surface area contributed by atoms with Crippen LogP contribution in [0.4, 0.5) is 0 Å². The molecule has 1 aromatic rings. The Hall–Kier alpha value is -1.36. The molecule has 0 aliphatic heterocycles. The normalized spacial score (nSPS) is 13.4. The molecule has 0 aromatic carbocycles. The maximum absolute atomic E-state index is 11.7. The molecule has 0 bridgehead atoms. The number of aryl methyl sites for hydroxylation is 1. The Morgan fingerprint density at radius 1 is 1.56 bits per heavy atom. The van der Waals surface area contributed by atoms with Gasteiger partial charge >= 0.3 is 0 Å². The van der Waals surface area contributed by atoms with E-state index in [1.165, 1.54) is 0 Å². The highest BCUT2D eigenvalue weighted by molar-refractivity contribution is 5.76. The molecule has 18 heavy (non-hydrogen) atoms. The van der Waals surface area contributed by atoms with Crippen molar-refractivity contribution in [2.45, 2.75) is 39.7 Å². The van der Waals surface area contributed by atoms with E-state index in [-0.39, 0.29) is 17.4 Å². The smallest absolute Gasteiger partial charge is 0.221 e. The van der Waals surface area contributed by atoms with Crippen molar-refractivity contribution < 1.29 is 4.79 Å². The van der Waals surface area contributed by atoms with Gasteiger partial charge in [-0.3, -0.25) is 9.48 Å². The standard InChI is InChI=1S/C13H24N4O/c1-13(2,3)11(14)9-12(18)15-7-5-10-6-8-17(4)16-10/h6,8,11H,5,7,9,14H2,1-4H3,(H,15,18). The molecule has 1 unspecified atom stereocenters. The summed E-state index contributed by atoms with van der Waals surface area (Å²) in [5.41, 5.74) is 6.90. The first kappa shape index (κ1) is 14.7. The van der Waals surface area contributed by atoms with Crippen LogP contribution in [0.15, 0.2) is 12.3 Å². The van der Waals surface area contributed by atoms with Gasteiger partial charge < -0.3 is 11.1 Å². The van der Waals surface area contributed by atoms with E-state index in [1.807, 2.05) is 40.1 Å². The van der Waals surface area contributed by atoms with E-state index < -0.39 is 0 Å². The van der Waals surface area contributed by atoms with E-state index in [0.717, 1.165) is 12.1 Å². The zero-order valence-electron chi connectivity index (χ0n) is 11.7. The third-order valence-electron chi connectivity index (χ3n) is 2.99. The van der Waals surface area contributed by atoms with Crippen molar-refractivity contribution in [1.29, 1.82) is 0 Å². The molecular formula is C13H24N4O. The van der Waals surface area contributed by atoms with E-state index in [4.69, 9.17) is 5.73 Å². The molecule has 0 spiro atoms. The van der Waals surface area contributed by atoms with Gasteiger partial charge in [0.15, 0.2) is 0 Å². The molecule has 3 N–H and O–H groups in total. The fourth-order valence-electron chi connectivity index (χ4n) is 1.50. The largest absolute Gasteiger partial charge is 0.356 e. The molecule has 0 aliphatic carbocycles. The van der Waals surface area contributed by atoms with Crippen LogP contribution in [0.5, 0.6) is 0 Å². The molecule has 0 fully saturated rings.